The highest BCUT2D eigenvalue weighted by atomic mass is 35.5. The molecule has 0 amide bonds. The molecule has 2 nitrogen and oxygen atoms in total. The van der Waals surface area contributed by atoms with Gasteiger partial charge in [0.25, 0.3) is 0 Å². The summed E-state index contributed by atoms with van der Waals surface area (Å²) in [6.45, 7) is 1.91. The van der Waals surface area contributed by atoms with E-state index in [-0.39, 0.29) is 11.7 Å². The van der Waals surface area contributed by atoms with Gasteiger partial charge in [0.15, 0.2) is 0 Å². The summed E-state index contributed by atoms with van der Waals surface area (Å²) in [5.74, 6) is 0.429. The van der Waals surface area contributed by atoms with Crippen LogP contribution in [0.3, 0.4) is 0 Å². The average molecular weight is 309 g/mol. The maximum Gasteiger partial charge on any atom is 0.147 e. The quantitative estimate of drug-likeness (QED) is 0.618. The Morgan fingerprint density at radius 1 is 1.25 bits per heavy atom. The molecule has 0 spiro atoms. The predicted octanol–water partition coefficient (Wildman–Crippen LogP) is 4.87. The number of halogens is 3. The highest BCUT2D eigenvalue weighted by molar-refractivity contribution is 6.35. The third-order valence-electron chi connectivity index (χ3n) is 3.17. The molecule has 0 saturated heterocycles. The zero-order chi connectivity index (χ0) is 14.3. The van der Waals surface area contributed by atoms with Gasteiger partial charge in [0, 0.05) is 0 Å². The summed E-state index contributed by atoms with van der Waals surface area (Å²) in [4.78, 5) is 4.41. The SMILES string of the molecule is Cc1ccc(F)c(-n2c(CCl)nc3c(Cl)cccc32)c1. The van der Waals surface area contributed by atoms with Crippen molar-refractivity contribution in [3.05, 3.63) is 58.6 Å². The molecule has 3 rings (SSSR count). The van der Waals surface area contributed by atoms with Crippen LogP contribution in [0, 0.1) is 12.7 Å². The van der Waals surface area contributed by atoms with Gasteiger partial charge < -0.3 is 0 Å². The molecular formula is C15H11Cl2FN2. The number of hydrogen-bond acceptors (Lipinski definition) is 1. The second-order valence-corrected chi connectivity index (χ2v) is 5.23. The summed E-state index contributed by atoms with van der Waals surface area (Å²) in [5.41, 5.74) is 2.78. The topological polar surface area (TPSA) is 17.8 Å². The number of benzene rings is 2. The molecule has 5 heteroatoms. The van der Waals surface area contributed by atoms with Gasteiger partial charge in [0.1, 0.15) is 17.2 Å². The first kappa shape index (κ1) is 13.4. The summed E-state index contributed by atoms with van der Waals surface area (Å²) in [6, 6.07) is 10.4. The zero-order valence-corrected chi connectivity index (χ0v) is 12.2. The highest BCUT2D eigenvalue weighted by Gasteiger charge is 2.16. The van der Waals surface area contributed by atoms with E-state index >= 15 is 0 Å². The van der Waals surface area contributed by atoms with E-state index in [0.717, 1.165) is 11.1 Å². The maximum absolute atomic E-state index is 14.2. The number of aromatic nitrogens is 2. The van der Waals surface area contributed by atoms with E-state index in [9.17, 15) is 4.39 Å². The Bertz CT molecular complexity index is 796. The number of hydrogen-bond donors (Lipinski definition) is 0. The largest absolute Gasteiger partial charge is 0.292 e. The van der Waals surface area contributed by atoms with Gasteiger partial charge in [-0.05, 0) is 36.8 Å². The van der Waals surface area contributed by atoms with E-state index in [1.807, 2.05) is 19.1 Å². The Kier molecular flexibility index (Phi) is 3.40. The van der Waals surface area contributed by atoms with Crippen LogP contribution in [-0.4, -0.2) is 9.55 Å². The summed E-state index contributed by atoms with van der Waals surface area (Å²) < 4.78 is 15.9. The molecule has 1 aromatic heterocycles. The third kappa shape index (κ3) is 2.07. The molecule has 0 fully saturated rings. The van der Waals surface area contributed by atoms with Crippen LogP contribution >= 0.6 is 23.2 Å². The predicted molar refractivity (Wildman–Crippen MR) is 80.3 cm³/mol. The molecule has 0 N–H and O–H groups in total. The van der Waals surface area contributed by atoms with E-state index in [1.54, 1.807) is 22.8 Å². The fourth-order valence-electron chi connectivity index (χ4n) is 2.27. The van der Waals surface area contributed by atoms with Crippen molar-refractivity contribution in [3.8, 4) is 5.69 Å². The van der Waals surface area contributed by atoms with Crippen LogP contribution in [0.5, 0.6) is 0 Å². The molecule has 0 radical (unpaired) electrons. The Hall–Kier alpha value is -1.58. The van der Waals surface area contributed by atoms with Crippen molar-refractivity contribution in [2.45, 2.75) is 12.8 Å². The summed E-state index contributed by atoms with van der Waals surface area (Å²) >= 11 is 12.1. The molecule has 0 aliphatic heterocycles. The Labute approximate surface area is 125 Å². The Balaban J connectivity index is 2.40. The first-order chi connectivity index (χ1) is 9.61. The molecule has 0 atom stereocenters. The summed E-state index contributed by atoms with van der Waals surface area (Å²) in [6.07, 6.45) is 0. The van der Waals surface area contributed by atoms with Gasteiger partial charge in [-0.3, -0.25) is 4.57 Å². The number of fused-ring (bicyclic) bond motifs is 1. The number of para-hydroxylation sites is 1. The summed E-state index contributed by atoms with van der Waals surface area (Å²) in [7, 11) is 0. The molecule has 0 saturated carbocycles. The van der Waals surface area contributed by atoms with Crippen LogP contribution in [0.4, 0.5) is 4.39 Å². The van der Waals surface area contributed by atoms with E-state index in [1.165, 1.54) is 6.07 Å². The molecule has 0 unspecified atom stereocenters. The van der Waals surface area contributed by atoms with Crippen molar-refractivity contribution >= 4 is 34.2 Å². The van der Waals surface area contributed by atoms with Crippen LogP contribution in [0.25, 0.3) is 16.7 Å². The molecule has 102 valence electrons. The maximum atomic E-state index is 14.2. The van der Waals surface area contributed by atoms with E-state index in [2.05, 4.69) is 4.98 Å². The minimum atomic E-state index is -0.318. The van der Waals surface area contributed by atoms with Crippen molar-refractivity contribution in [1.29, 1.82) is 0 Å². The number of imidazole rings is 1. The lowest BCUT2D eigenvalue weighted by atomic mass is 10.2. The highest BCUT2D eigenvalue weighted by Crippen LogP contribution is 2.29. The van der Waals surface area contributed by atoms with Crippen molar-refractivity contribution in [2.75, 3.05) is 0 Å². The first-order valence-electron chi connectivity index (χ1n) is 6.10. The van der Waals surface area contributed by atoms with Gasteiger partial charge in [-0.25, -0.2) is 9.37 Å². The summed E-state index contributed by atoms with van der Waals surface area (Å²) in [5, 5.41) is 0.528. The number of alkyl halides is 1. The molecule has 20 heavy (non-hydrogen) atoms. The van der Waals surface area contributed by atoms with Crippen molar-refractivity contribution in [2.24, 2.45) is 0 Å². The number of aryl methyl sites for hydroxylation is 1. The van der Waals surface area contributed by atoms with Crippen molar-refractivity contribution < 1.29 is 4.39 Å². The van der Waals surface area contributed by atoms with Gasteiger partial charge in [0.05, 0.1) is 22.1 Å². The minimum absolute atomic E-state index is 0.179. The Morgan fingerprint density at radius 2 is 2.05 bits per heavy atom. The van der Waals surface area contributed by atoms with Crippen molar-refractivity contribution in [1.82, 2.24) is 9.55 Å². The third-order valence-corrected chi connectivity index (χ3v) is 3.71. The second kappa shape index (κ2) is 5.08. The molecular weight excluding hydrogens is 298 g/mol. The fourth-order valence-corrected chi connectivity index (χ4v) is 2.66. The smallest absolute Gasteiger partial charge is 0.147 e. The molecule has 2 aromatic carbocycles. The molecule has 1 heterocycles. The van der Waals surface area contributed by atoms with Crippen LogP contribution in [0.1, 0.15) is 11.4 Å². The lowest BCUT2D eigenvalue weighted by molar-refractivity contribution is 0.617. The second-order valence-electron chi connectivity index (χ2n) is 4.56. The van der Waals surface area contributed by atoms with E-state index in [0.29, 0.717) is 22.1 Å². The van der Waals surface area contributed by atoms with E-state index < -0.39 is 0 Å². The number of nitrogens with zero attached hydrogens (tertiary/aromatic N) is 2. The van der Waals surface area contributed by atoms with Crippen molar-refractivity contribution in [3.63, 3.8) is 0 Å². The molecule has 0 aliphatic rings. The average Bonchev–Trinajstić information content (AvgIpc) is 2.81. The fraction of sp³-hybridized carbons (Fsp3) is 0.133. The first-order valence-corrected chi connectivity index (χ1v) is 7.01. The van der Waals surface area contributed by atoms with Gasteiger partial charge in [-0.2, -0.15) is 0 Å². The lowest BCUT2D eigenvalue weighted by Crippen LogP contribution is -2.02. The van der Waals surface area contributed by atoms with Gasteiger partial charge >= 0.3 is 0 Å². The normalized spacial score (nSPS) is 11.2. The molecule has 0 bridgehead atoms. The molecule has 3 aromatic rings. The van der Waals surface area contributed by atoms with E-state index in [4.69, 9.17) is 23.2 Å². The van der Waals surface area contributed by atoms with Crippen LogP contribution in [-0.2, 0) is 5.88 Å². The van der Waals surface area contributed by atoms with Crippen LogP contribution in [0.15, 0.2) is 36.4 Å². The van der Waals surface area contributed by atoms with Gasteiger partial charge in [-0.1, -0.05) is 23.7 Å². The van der Waals surface area contributed by atoms with Crippen LogP contribution < -0.4 is 0 Å². The van der Waals surface area contributed by atoms with Gasteiger partial charge in [-0.15, -0.1) is 11.6 Å². The van der Waals surface area contributed by atoms with Crippen LogP contribution in [0.2, 0.25) is 5.02 Å². The standard InChI is InChI=1S/C15H11Cl2FN2/c1-9-5-6-11(18)13(7-9)20-12-4-2-3-10(17)15(12)19-14(20)8-16/h2-7H,8H2,1H3. The lowest BCUT2D eigenvalue weighted by Gasteiger charge is -2.10. The zero-order valence-electron chi connectivity index (χ0n) is 10.7. The molecule has 0 aliphatic carbocycles. The van der Waals surface area contributed by atoms with Gasteiger partial charge in [0.2, 0.25) is 0 Å². The Morgan fingerprint density at radius 3 is 2.80 bits per heavy atom. The number of rotatable bonds is 2. The minimum Gasteiger partial charge on any atom is -0.292 e. The monoisotopic (exact) mass is 308 g/mol.